The summed E-state index contributed by atoms with van der Waals surface area (Å²) in [5, 5.41) is 0. The number of nitrogens with zero attached hydrogens (tertiary/aromatic N) is 5. The molecule has 0 N–H and O–H groups in total. The van der Waals surface area contributed by atoms with Crippen molar-refractivity contribution in [3.63, 3.8) is 0 Å². The molecule has 0 unspecified atom stereocenters. The second-order valence-corrected chi connectivity index (χ2v) is 7.27. The zero-order valence-electron chi connectivity index (χ0n) is 15.9. The number of aryl methyl sites for hydroxylation is 2. The summed E-state index contributed by atoms with van der Waals surface area (Å²) in [4.78, 5) is 42.1. The molecule has 1 aliphatic rings. The molecule has 0 aliphatic carbocycles. The summed E-state index contributed by atoms with van der Waals surface area (Å²) in [6, 6.07) is -0.832. The SMILES string of the molecule is CC(=O)[C@@H](C)n1c(=O)c2c(nc3n(C[C@H]4CCCO4)c(C)cn23)n(C)c1=O. The Balaban J connectivity index is 2.00. The maximum Gasteiger partial charge on any atom is 0.333 e. The van der Waals surface area contributed by atoms with Gasteiger partial charge in [0.05, 0.1) is 18.7 Å². The molecule has 4 rings (SSSR count). The first-order valence-corrected chi connectivity index (χ1v) is 9.12. The van der Waals surface area contributed by atoms with Gasteiger partial charge in [0.2, 0.25) is 5.78 Å². The van der Waals surface area contributed by atoms with Crippen molar-refractivity contribution in [2.24, 2.45) is 7.05 Å². The van der Waals surface area contributed by atoms with Crippen molar-refractivity contribution >= 4 is 22.7 Å². The highest BCUT2D eigenvalue weighted by molar-refractivity contribution is 5.80. The Morgan fingerprint density at radius 1 is 1.41 bits per heavy atom. The van der Waals surface area contributed by atoms with Crippen molar-refractivity contribution < 1.29 is 9.53 Å². The number of fused-ring (bicyclic) bond motifs is 3. The Morgan fingerprint density at radius 2 is 2.15 bits per heavy atom. The van der Waals surface area contributed by atoms with Gasteiger partial charge in [-0.1, -0.05) is 0 Å². The normalized spacial score (nSPS) is 18.6. The minimum atomic E-state index is -0.832. The van der Waals surface area contributed by atoms with Gasteiger partial charge in [-0.3, -0.25) is 18.6 Å². The fourth-order valence-corrected chi connectivity index (χ4v) is 3.76. The van der Waals surface area contributed by atoms with Crippen LogP contribution >= 0.6 is 0 Å². The highest BCUT2D eigenvalue weighted by Gasteiger charge is 2.25. The van der Waals surface area contributed by atoms with E-state index in [1.165, 1.54) is 11.5 Å². The number of hydrogen-bond donors (Lipinski definition) is 0. The molecule has 9 nitrogen and oxygen atoms in total. The van der Waals surface area contributed by atoms with Gasteiger partial charge in [-0.25, -0.2) is 9.36 Å². The van der Waals surface area contributed by atoms with Gasteiger partial charge in [0.1, 0.15) is 0 Å². The molecule has 144 valence electrons. The van der Waals surface area contributed by atoms with E-state index in [2.05, 4.69) is 4.98 Å². The lowest BCUT2D eigenvalue weighted by Gasteiger charge is -2.12. The van der Waals surface area contributed by atoms with Crippen molar-refractivity contribution in [1.82, 2.24) is 23.1 Å². The van der Waals surface area contributed by atoms with Crippen LogP contribution in [0.25, 0.3) is 16.9 Å². The smallest absolute Gasteiger partial charge is 0.333 e. The zero-order chi connectivity index (χ0) is 19.5. The van der Waals surface area contributed by atoms with Crippen LogP contribution < -0.4 is 11.2 Å². The van der Waals surface area contributed by atoms with Gasteiger partial charge in [0.15, 0.2) is 16.9 Å². The van der Waals surface area contributed by atoms with E-state index in [0.29, 0.717) is 23.5 Å². The van der Waals surface area contributed by atoms with E-state index in [1.54, 1.807) is 18.4 Å². The van der Waals surface area contributed by atoms with Crippen molar-refractivity contribution in [1.29, 1.82) is 0 Å². The number of rotatable bonds is 4. The third kappa shape index (κ3) is 2.56. The molecule has 0 saturated carbocycles. The van der Waals surface area contributed by atoms with Crippen LogP contribution in [0.15, 0.2) is 15.8 Å². The number of ketones is 1. The van der Waals surface area contributed by atoms with Crippen LogP contribution in [0, 0.1) is 6.92 Å². The molecule has 3 aromatic rings. The van der Waals surface area contributed by atoms with Crippen molar-refractivity contribution in [2.75, 3.05) is 6.61 Å². The molecule has 0 spiro atoms. The lowest BCUT2D eigenvalue weighted by molar-refractivity contribution is -0.119. The van der Waals surface area contributed by atoms with E-state index in [9.17, 15) is 14.4 Å². The van der Waals surface area contributed by atoms with Crippen molar-refractivity contribution in [2.45, 2.75) is 52.3 Å². The summed E-state index contributed by atoms with van der Waals surface area (Å²) in [6.45, 7) is 6.30. The first-order valence-electron chi connectivity index (χ1n) is 9.12. The van der Waals surface area contributed by atoms with Gasteiger partial charge in [0.25, 0.3) is 5.56 Å². The average molecular weight is 373 g/mol. The number of Topliss-reactive ketones (excluding diaryl/α,β-unsaturated/α-hetero) is 1. The summed E-state index contributed by atoms with van der Waals surface area (Å²) >= 11 is 0. The molecule has 0 aromatic carbocycles. The highest BCUT2D eigenvalue weighted by Crippen LogP contribution is 2.20. The molecule has 1 aliphatic heterocycles. The van der Waals surface area contributed by atoms with E-state index >= 15 is 0 Å². The lowest BCUT2D eigenvalue weighted by atomic mass is 10.2. The van der Waals surface area contributed by atoms with Crippen molar-refractivity contribution in [3.05, 3.63) is 32.7 Å². The average Bonchev–Trinajstić information content (AvgIpc) is 3.31. The quantitative estimate of drug-likeness (QED) is 0.674. The Morgan fingerprint density at radius 3 is 2.78 bits per heavy atom. The van der Waals surface area contributed by atoms with Crippen LogP contribution in [-0.4, -0.2) is 41.6 Å². The number of carbonyl (C=O) groups is 1. The minimum Gasteiger partial charge on any atom is -0.376 e. The van der Waals surface area contributed by atoms with E-state index < -0.39 is 17.3 Å². The molecule has 0 radical (unpaired) electrons. The summed E-state index contributed by atoms with van der Waals surface area (Å²) < 4.78 is 11.8. The maximum atomic E-state index is 13.1. The third-order valence-electron chi connectivity index (χ3n) is 5.48. The number of hydrogen-bond acceptors (Lipinski definition) is 5. The van der Waals surface area contributed by atoms with Gasteiger partial charge in [0, 0.05) is 25.5 Å². The van der Waals surface area contributed by atoms with E-state index in [1.807, 2.05) is 17.7 Å². The minimum absolute atomic E-state index is 0.123. The Hall–Kier alpha value is -2.68. The first-order chi connectivity index (χ1) is 12.8. The summed E-state index contributed by atoms with van der Waals surface area (Å²) in [7, 11) is 1.57. The molecule has 9 heteroatoms. The predicted molar refractivity (Wildman–Crippen MR) is 99.3 cm³/mol. The molecule has 1 fully saturated rings. The Bertz CT molecular complexity index is 1170. The van der Waals surface area contributed by atoms with Gasteiger partial charge in [-0.15, -0.1) is 0 Å². The Kier molecular flexibility index (Phi) is 4.06. The second kappa shape index (κ2) is 6.19. The number of aromatic nitrogens is 5. The number of ether oxygens (including phenoxy) is 1. The summed E-state index contributed by atoms with van der Waals surface area (Å²) in [6.07, 6.45) is 4.00. The second-order valence-electron chi connectivity index (χ2n) is 7.27. The molecule has 27 heavy (non-hydrogen) atoms. The summed E-state index contributed by atoms with van der Waals surface area (Å²) in [5.74, 6) is 0.347. The molecule has 0 bridgehead atoms. The molecular weight excluding hydrogens is 350 g/mol. The number of carbonyl (C=O) groups excluding carboxylic acids is 1. The summed E-state index contributed by atoms with van der Waals surface area (Å²) in [5.41, 5.74) is 0.521. The standard InChI is InChI=1S/C18H23N5O4/c1-10-8-22-14-15(19-17(22)21(10)9-13-6-5-7-27-13)20(4)18(26)23(16(14)25)11(2)12(3)24/h8,11,13H,5-7,9H2,1-4H3/t11-,13-/m1/s1. The number of imidazole rings is 2. The van der Waals surface area contributed by atoms with E-state index in [0.717, 1.165) is 29.7 Å². The molecule has 0 amide bonds. The zero-order valence-corrected chi connectivity index (χ0v) is 15.9. The van der Waals surface area contributed by atoms with E-state index in [4.69, 9.17) is 4.74 Å². The maximum absolute atomic E-state index is 13.1. The lowest BCUT2D eigenvalue weighted by Crippen LogP contribution is -2.42. The van der Waals surface area contributed by atoms with Crippen LogP contribution in [0.2, 0.25) is 0 Å². The fraction of sp³-hybridized carbons (Fsp3) is 0.556. The largest absolute Gasteiger partial charge is 0.376 e. The van der Waals surface area contributed by atoms with Gasteiger partial charge in [-0.2, -0.15) is 4.98 Å². The molecule has 3 aromatic heterocycles. The van der Waals surface area contributed by atoms with E-state index in [-0.39, 0.29) is 11.9 Å². The van der Waals surface area contributed by atoms with Crippen LogP contribution in [0.1, 0.15) is 38.4 Å². The molecule has 1 saturated heterocycles. The predicted octanol–water partition coefficient (Wildman–Crippen LogP) is 0.787. The topological polar surface area (TPSA) is 92.5 Å². The van der Waals surface area contributed by atoms with Gasteiger partial charge < -0.3 is 9.30 Å². The highest BCUT2D eigenvalue weighted by atomic mass is 16.5. The van der Waals surface area contributed by atoms with Crippen molar-refractivity contribution in [3.8, 4) is 0 Å². The first kappa shape index (κ1) is 17.7. The third-order valence-corrected chi connectivity index (χ3v) is 5.48. The Labute approximate surface area is 154 Å². The van der Waals surface area contributed by atoms with Crippen LogP contribution in [0.5, 0.6) is 0 Å². The van der Waals surface area contributed by atoms with Gasteiger partial charge in [-0.05, 0) is 33.6 Å². The monoisotopic (exact) mass is 373 g/mol. The fourth-order valence-electron chi connectivity index (χ4n) is 3.76. The molecular formula is C18H23N5O4. The van der Waals surface area contributed by atoms with Gasteiger partial charge >= 0.3 is 5.69 Å². The van der Waals surface area contributed by atoms with Crippen LogP contribution in [-0.2, 0) is 23.1 Å². The molecule has 2 atom stereocenters. The van der Waals surface area contributed by atoms with Crippen LogP contribution in [0.3, 0.4) is 0 Å². The van der Waals surface area contributed by atoms with Crippen LogP contribution in [0.4, 0.5) is 0 Å². The molecule has 4 heterocycles.